The van der Waals surface area contributed by atoms with E-state index in [1.165, 1.54) is 11.1 Å². The van der Waals surface area contributed by atoms with Crippen LogP contribution in [0, 0.1) is 13.8 Å². The summed E-state index contributed by atoms with van der Waals surface area (Å²) in [5.74, 6) is 1.36. The lowest BCUT2D eigenvalue weighted by Gasteiger charge is -2.12. The molecule has 0 atom stereocenters. The van der Waals surface area contributed by atoms with Gasteiger partial charge in [-0.05, 0) is 50.2 Å². The lowest BCUT2D eigenvalue weighted by Crippen LogP contribution is -2.02. The lowest BCUT2D eigenvalue weighted by atomic mass is 10.2. The first-order valence-electron chi connectivity index (χ1n) is 8.61. The van der Waals surface area contributed by atoms with Crippen LogP contribution in [0.4, 0.5) is 23.1 Å². The van der Waals surface area contributed by atoms with Gasteiger partial charge in [0, 0.05) is 16.8 Å². The Morgan fingerprint density at radius 3 is 1.85 bits per heavy atom. The zero-order chi connectivity index (χ0) is 17.9. The summed E-state index contributed by atoms with van der Waals surface area (Å²) in [6, 6.07) is 24.5. The third kappa shape index (κ3) is 3.49. The SMILES string of the molecule is Cc1ccc(Nc2nc(Nc3ccc(C)cc3)c3ccccc3n2)cc1. The summed E-state index contributed by atoms with van der Waals surface area (Å²) in [5.41, 5.74) is 5.31. The summed E-state index contributed by atoms with van der Waals surface area (Å²) in [4.78, 5) is 9.35. The maximum atomic E-state index is 4.70. The van der Waals surface area contributed by atoms with Crippen molar-refractivity contribution < 1.29 is 0 Å². The van der Waals surface area contributed by atoms with Crippen molar-refractivity contribution in [3.63, 3.8) is 0 Å². The summed E-state index contributed by atoms with van der Waals surface area (Å²) < 4.78 is 0. The summed E-state index contributed by atoms with van der Waals surface area (Å²) in [5, 5.41) is 7.70. The van der Waals surface area contributed by atoms with Crippen molar-refractivity contribution in [1.29, 1.82) is 0 Å². The fraction of sp³-hybridized carbons (Fsp3) is 0.0909. The number of rotatable bonds is 4. The molecule has 4 heteroatoms. The van der Waals surface area contributed by atoms with E-state index < -0.39 is 0 Å². The zero-order valence-electron chi connectivity index (χ0n) is 14.8. The van der Waals surface area contributed by atoms with Gasteiger partial charge < -0.3 is 10.6 Å². The number of aromatic nitrogens is 2. The first-order valence-corrected chi connectivity index (χ1v) is 8.61. The standard InChI is InChI=1S/C22H20N4/c1-15-7-11-17(12-8-15)23-21-19-5-3-4-6-20(19)25-22(26-21)24-18-13-9-16(2)10-14-18/h3-14H,1-2H3,(H2,23,24,25,26). The Bertz CT molecular complexity index is 1040. The van der Waals surface area contributed by atoms with E-state index in [1.54, 1.807) is 0 Å². The van der Waals surface area contributed by atoms with Gasteiger partial charge in [-0.25, -0.2) is 4.98 Å². The first kappa shape index (κ1) is 16.1. The normalized spacial score (nSPS) is 10.7. The second kappa shape index (κ2) is 6.84. The number of hydrogen-bond acceptors (Lipinski definition) is 4. The fourth-order valence-electron chi connectivity index (χ4n) is 2.77. The predicted octanol–water partition coefficient (Wildman–Crippen LogP) is 5.73. The molecule has 0 saturated carbocycles. The maximum Gasteiger partial charge on any atom is 0.229 e. The van der Waals surface area contributed by atoms with Crippen molar-refractivity contribution in [2.24, 2.45) is 0 Å². The summed E-state index contributed by atoms with van der Waals surface area (Å²) in [6.45, 7) is 4.15. The van der Waals surface area contributed by atoms with E-state index in [1.807, 2.05) is 36.4 Å². The van der Waals surface area contributed by atoms with Crippen molar-refractivity contribution >= 4 is 34.0 Å². The van der Waals surface area contributed by atoms with Gasteiger partial charge in [0.2, 0.25) is 5.95 Å². The quantitative estimate of drug-likeness (QED) is 0.498. The highest BCUT2D eigenvalue weighted by molar-refractivity contribution is 5.92. The molecule has 0 radical (unpaired) electrons. The van der Waals surface area contributed by atoms with E-state index in [0.717, 1.165) is 28.1 Å². The Balaban J connectivity index is 1.72. The minimum Gasteiger partial charge on any atom is -0.340 e. The van der Waals surface area contributed by atoms with Crippen LogP contribution in [0.3, 0.4) is 0 Å². The van der Waals surface area contributed by atoms with Crippen molar-refractivity contribution in [1.82, 2.24) is 9.97 Å². The molecular formula is C22H20N4. The molecule has 4 rings (SSSR count). The molecule has 0 spiro atoms. The average Bonchev–Trinajstić information content (AvgIpc) is 2.65. The Labute approximate surface area is 152 Å². The van der Waals surface area contributed by atoms with Crippen molar-refractivity contribution in [3.8, 4) is 0 Å². The van der Waals surface area contributed by atoms with Crippen molar-refractivity contribution in [2.45, 2.75) is 13.8 Å². The Hall–Kier alpha value is -3.40. The third-order valence-electron chi connectivity index (χ3n) is 4.23. The minimum absolute atomic E-state index is 0.571. The van der Waals surface area contributed by atoms with Crippen molar-refractivity contribution in [3.05, 3.63) is 83.9 Å². The molecule has 0 aliphatic rings. The van der Waals surface area contributed by atoms with Crippen LogP contribution < -0.4 is 10.6 Å². The third-order valence-corrected chi connectivity index (χ3v) is 4.23. The Morgan fingerprint density at radius 1 is 0.615 bits per heavy atom. The number of aryl methyl sites for hydroxylation is 2. The zero-order valence-corrected chi connectivity index (χ0v) is 14.8. The second-order valence-electron chi connectivity index (χ2n) is 6.40. The highest BCUT2D eigenvalue weighted by atomic mass is 15.1. The Morgan fingerprint density at radius 2 is 1.19 bits per heavy atom. The van der Waals surface area contributed by atoms with Crippen LogP contribution in [0.25, 0.3) is 10.9 Å². The maximum absolute atomic E-state index is 4.70. The molecular weight excluding hydrogens is 320 g/mol. The van der Waals surface area contributed by atoms with Gasteiger partial charge in [-0.15, -0.1) is 0 Å². The number of para-hydroxylation sites is 1. The fourth-order valence-corrected chi connectivity index (χ4v) is 2.77. The summed E-state index contributed by atoms with van der Waals surface area (Å²) in [6.07, 6.45) is 0. The van der Waals surface area contributed by atoms with Crippen LogP contribution in [-0.2, 0) is 0 Å². The van der Waals surface area contributed by atoms with Crippen molar-refractivity contribution in [2.75, 3.05) is 10.6 Å². The molecule has 2 N–H and O–H groups in total. The molecule has 0 saturated heterocycles. The van der Waals surface area contributed by atoms with E-state index in [9.17, 15) is 0 Å². The minimum atomic E-state index is 0.571. The second-order valence-corrected chi connectivity index (χ2v) is 6.40. The van der Waals surface area contributed by atoms with Gasteiger partial charge in [0.25, 0.3) is 0 Å². The number of anilines is 4. The van der Waals surface area contributed by atoms with Crippen LogP contribution in [0.2, 0.25) is 0 Å². The number of hydrogen-bond donors (Lipinski definition) is 2. The molecule has 4 nitrogen and oxygen atoms in total. The van der Waals surface area contributed by atoms with E-state index in [2.05, 4.69) is 65.9 Å². The number of nitrogens with one attached hydrogen (secondary N) is 2. The summed E-state index contributed by atoms with van der Waals surface area (Å²) in [7, 11) is 0. The highest BCUT2D eigenvalue weighted by Crippen LogP contribution is 2.26. The molecule has 128 valence electrons. The first-order chi connectivity index (χ1) is 12.7. The number of fused-ring (bicyclic) bond motifs is 1. The van der Waals surface area contributed by atoms with Gasteiger partial charge >= 0.3 is 0 Å². The van der Waals surface area contributed by atoms with Gasteiger partial charge in [-0.1, -0.05) is 47.5 Å². The smallest absolute Gasteiger partial charge is 0.229 e. The molecule has 0 fully saturated rings. The summed E-state index contributed by atoms with van der Waals surface area (Å²) >= 11 is 0. The topological polar surface area (TPSA) is 49.8 Å². The molecule has 0 amide bonds. The molecule has 1 aromatic heterocycles. The van der Waals surface area contributed by atoms with Gasteiger partial charge in [0.05, 0.1) is 5.52 Å². The molecule has 4 aromatic rings. The van der Waals surface area contributed by atoms with Gasteiger partial charge in [0.1, 0.15) is 5.82 Å². The van der Waals surface area contributed by atoms with Crippen LogP contribution in [0.15, 0.2) is 72.8 Å². The van der Waals surface area contributed by atoms with E-state index in [-0.39, 0.29) is 0 Å². The molecule has 3 aromatic carbocycles. The molecule has 0 aliphatic heterocycles. The molecule has 0 unspecified atom stereocenters. The molecule has 0 aliphatic carbocycles. The number of nitrogens with zero attached hydrogens (tertiary/aromatic N) is 2. The molecule has 26 heavy (non-hydrogen) atoms. The lowest BCUT2D eigenvalue weighted by molar-refractivity contribution is 1.21. The van der Waals surface area contributed by atoms with Crippen LogP contribution in [-0.4, -0.2) is 9.97 Å². The van der Waals surface area contributed by atoms with Gasteiger partial charge in [-0.2, -0.15) is 4.98 Å². The van der Waals surface area contributed by atoms with Crippen LogP contribution in [0.5, 0.6) is 0 Å². The molecule has 0 bridgehead atoms. The van der Waals surface area contributed by atoms with Crippen LogP contribution in [0.1, 0.15) is 11.1 Å². The highest BCUT2D eigenvalue weighted by Gasteiger charge is 2.08. The monoisotopic (exact) mass is 340 g/mol. The van der Waals surface area contributed by atoms with Gasteiger partial charge in [0.15, 0.2) is 0 Å². The van der Waals surface area contributed by atoms with Crippen LogP contribution >= 0.6 is 0 Å². The van der Waals surface area contributed by atoms with E-state index in [0.29, 0.717) is 5.95 Å². The largest absolute Gasteiger partial charge is 0.340 e. The Kier molecular flexibility index (Phi) is 4.23. The van der Waals surface area contributed by atoms with Gasteiger partial charge in [-0.3, -0.25) is 0 Å². The average molecular weight is 340 g/mol. The molecule has 1 heterocycles. The predicted molar refractivity (Wildman–Crippen MR) is 108 cm³/mol. The van der Waals surface area contributed by atoms with E-state index >= 15 is 0 Å². The van der Waals surface area contributed by atoms with E-state index in [4.69, 9.17) is 4.98 Å². The number of benzene rings is 3.